The number of Topliss-reactive ketones (excluding diaryl/α,β-unsaturated/α-hetero) is 1. The predicted molar refractivity (Wildman–Crippen MR) is 32.5 cm³/mol. The summed E-state index contributed by atoms with van der Waals surface area (Å²) in [6, 6.07) is 0. The Balaban J connectivity index is 4.46. The minimum absolute atomic E-state index is 0.792. The largest absolute Gasteiger partial charge is 0.481 e. The van der Waals surface area contributed by atoms with Crippen molar-refractivity contribution in [2.24, 2.45) is 5.92 Å². The van der Waals surface area contributed by atoms with Gasteiger partial charge in [-0.1, -0.05) is 0 Å². The Morgan fingerprint density at radius 1 is 1.42 bits per heavy atom. The van der Waals surface area contributed by atoms with Crippen LogP contribution < -0.4 is 0 Å². The van der Waals surface area contributed by atoms with Gasteiger partial charge in [0.05, 0.1) is 0 Å². The van der Waals surface area contributed by atoms with Crippen molar-refractivity contribution in [1.82, 2.24) is 0 Å². The van der Waals surface area contributed by atoms with Crippen LogP contribution in [-0.4, -0.2) is 23.0 Å². The first-order chi connectivity index (χ1) is 5.25. The number of hydrogen-bond donors (Lipinski definition) is 1. The van der Waals surface area contributed by atoms with Crippen LogP contribution in [0.3, 0.4) is 0 Å². The van der Waals surface area contributed by atoms with Crippen molar-refractivity contribution in [2.45, 2.75) is 19.5 Å². The molecule has 0 aromatic heterocycles. The molecule has 0 saturated carbocycles. The van der Waals surface area contributed by atoms with Crippen molar-refractivity contribution in [3.8, 4) is 0 Å². The summed E-state index contributed by atoms with van der Waals surface area (Å²) < 4.78 is 35.4. The van der Waals surface area contributed by atoms with Crippen LogP contribution in [0.5, 0.6) is 0 Å². The molecule has 1 N–H and O–H groups in total. The Labute approximate surface area is 66.2 Å². The molecule has 0 heterocycles. The number of carbonyl (C=O) groups excluding carboxylic acids is 1. The van der Waals surface area contributed by atoms with Gasteiger partial charge >= 0.3 is 12.1 Å². The molecule has 0 radical (unpaired) electrons. The molecule has 0 bridgehead atoms. The number of alkyl halides is 3. The first-order valence-electron chi connectivity index (χ1n) is 3.04. The zero-order chi connectivity index (χ0) is 9.94. The molecular formula is C6H7F3O3. The highest BCUT2D eigenvalue weighted by atomic mass is 19.4. The lowest BCUT2D eigenvalue weighted by Gasteiger charge is -2.13. The van der Waals surface area contributed by atoms with Gasteiger partial charge in [0.25, 0.3) is 0 Å². The van der Waals surface area contributed by atoms with Gasteiger partial charge in [-0.25, -0.2) is 0 Å². The van der Waals surface area contributed by atoms with Gasteiger partial charge in [0, 0.05) is 6.42 Å². The smallest absolute Gasteiger partial charge is 0.402 e. The molecule has 0 aromatic carbocycles. The molecule has 0 saturated heterocycles. The number of aliphatic carboxylic acids is 1. The fourth-order valence-electron chi connectivity index (χ4n) is 0.631. The number of hydrogen-bond acceptors (Lipinski definition) is 2. The molecule has 3 nitrogen and oxygen atoms in total. The maximum absolute atomic E-state index is 11.8. The lowest BCUT2D eigenvalue weighted by molar-refractivity contribution is -0.195. The lowest BCUT2D eigenvalue weighted by Crippen LogP contribution is -2.32. The van der Waals surface area contributed by atoms with Crippen LogP contribution in [0.15, 0.2) is 0 Å². The number of carboxylic acid groups (broad SMARTS) is 1. The minimum atomic E-state index is -4.85. The molecule has 1 atom stereocenters. The average molecular weight is 184 g/mol. The molecular weight excluding hydrogens is 177 g/mol. The first-order valence-corrected chi connectivity index (χ1v) is 3.04. The number of ketones is 1. The van der Waals surface area contributed by atoms with E-state index in [2.05, 4.69) is 0 Å². The Morgan fingerprint density at radius 2 is 1.83 bits per heavy atom. The normalized spacial score (nSPS) is 14.0. The van der Waals surface area contributed by atoms with Gasteiger partial charge in [-0.2, -0.15) is 13.2 Å². The number of carboxylic acids is 1. The molecule has 6 heteroatoms. The molecule has 0 fully saturated rings. The third-order valence-electron chi connectivity index (χ3n) is 1.18. The summed E-state index contributed by atoms with van der Waals surface area (Å²) in [5, 5.41) is 8.09. The molecule has 12 heavy (non-hydrogen) atoms. The van der Waals surface area contributed by atoms with Crippen LogP contribution in [0.4, 0.5) is 13.2 Å². The van der Waals surface area contributed by atoms with E-state index in [1.54, 1.807) is 0 Å². The second kappa shape index (κ2) is 3.55. The predicted octanol–water partition coefficient (Wildman–Crippen LogP) is 1.23. The molecule has 0 aromatic rings. The van der Waals surface area contributed by atoms with Gasteiger partial charge < -0.3 is 5.11 Å². The first kappa shape index (κ1) is 10.9. The van der Waals surface area contributed by atoms with E-state index in [1.165, 1.54) is 0 Å². The van der Waals surface area contributed by atoms with Crippen LogP contribution in [0.1, 0.15) is 13.3 Å². The summed E-state index contributed by atoms with van der Waals surface area (Å²) in [6.07, 6.45) is -5.85. The van der Waals surface area contributed by atoms with Crippen molar-refractivity contribution in [3.63, 3.8) is 0 Å². The van der Waals surface area contributed by atoms with E-state index in [-0.39, 0.29) is 0 Å². The SMILES string of the molecule is CC(=O)C[C@H](C(=O)O)C(F)(F)F. The molecule has 0 aliphatic rings. The van der Waals surface area contributed by atoms with Gasteiger partial charge in [0.15, 0.2) is 5.92 Å². The van der Waals surface area contributed by atoms with Crippen molar-refractivity contribution in [2.75, 3.05) is 0 Å². The Kier molecular flexibility index (Phi) is 3.24. The van der Waals surface area contributed by atoms with E-state index in [0.717, 1.165) is 6.92 Å². The molecule has 0 spiro atoms. The molecule has 0 aliphatic carbocycles. The van der Waals surface area contributed by atoms with Crippen LogP contribution in [-0.2, 0) is 9.59 Å². The molecule has 0 amide bonds. The van der Waals surface area contributed by atoms with Crippen molar-refractivity contribution in [1.29, 1.82) is 0 Å². The Hall–Kier alpha value is -1.07. The third-order valence-corrected chi connectivity index (χ3v) is 1.18. The van der Waals surface area contributed by atoms with Crippen LogP contribution in [0.2, 0.25) is 0 Å². The van der Waals surface area contributed by atoms with Gasteiger partial charge in [-0.15, -0.1) is 0 Å². The summed E-state index contributed by atoms with van der Waals surface area (Å²) >= 11 is 0. The summed E-state index contributed by atoms with van der Waals surface area (Å²) in [5.41, 5.74) is 0. The van der Waals surface area contributed by atoms with Gasteiger partial charge in [0.1, 0.15) is 5.78 Å². The maximum atomic E-state index is 11.8. The highest BCUT2D eigenvalue weighted by molar-refractivity contribution is 5.82. The molecule has 70 valence electrons. The van der Waals surface area contributed by atoms with E-state index < -0.39 is 30.3 Å². The highest BCUT2D eigenvalue weighted by Gasteiger charge is 2.45. The minimum Gasteiger partial charge on any atom is -0.481 e. The standard InChI is InChI=1S/C6H7F3O3/c1-3(10)2-4(5(11)12)6(7,8)9/h4H,2H2,1H3,(H,11,12)/t4-/m1/s1. The zero-order valence-electron chi connectivity index (χ0n) is 6.18. The van der Waals surface area contributed by atoms with Crippen molar-refractivity contribution >= 4 is 11.8 Å². The molecule has 0 aliphatic heterocycles. The number of halogens is 3. The Bertz CT molecular complexity index is 197. The summed E-state index contributed by atoms with van der Waals surface area (Å²) in [5.74, 6) is -5.38. The van der Waals surface area contributed by atoms with E-state index >= 15 is 0 Å². The average Bonchev–Trinajstić information content (AvgIpc) is 1.79. The summed E-state index contributed by atoms with van der Waals surface area (Å²) in [4.78, 5) is 20.3. The van der Waals surface area contributed by atoms with Gasteiger partial charge in [0.2, 0.25) is 0 Å². The lowest BCUT2D eigenvalue weighted by atomic mass is 10.0. The summed E-state index contributed by atoms with van der Waals surface area (Å²) in [6.45, 7) is 0.918. The third kappa shape index (κ3) is 3.36. The zero-order valence-corrected chi connectivity index (χ0v) is 6.18. The number of carbonyl (C=O) groups is 2. The van der Waals surface area contributed by atoms with Crippen LogP contribution in [0.25, 0.3) is 0 Å². The Morgan fingerprint density at radius 3 is 1.92 bits per heavy atom. The van der Waals surface area contributed by atoms with Crippen molar-refractivity contribution in [3.05, 3.63) is 0 Å². The van der Waals surface area contributed by atoms with E-state index in [0.29, 0.717) is 0 Å². The second-order valence-corrected chi connectivity index (χ2v) is 2.34. The monoisotopic (exact) mass is 184 g/mol. The number of rotatable bonds is 3. The van der Waals surface area contributed by atoms with Crippen LogP contribution >= 0.6 is 0 Å². The fourth-order valence-corrected chi connectivity index (χ4v) is 0.631. The second-order valence-electron chi connectivity index (χ2n) is 2.34. The maximum Gasteiger partial charge on any atom is 0.402 e. The van der Waals surface area contributed by atoms with E-state index in [1.807, 2.05) is 0 Å². The van der Waals surface area contributed by atoms with E-state index in [4.69, 9.17) is 5.11 Å². The van der Waals surface area contributed by atoms with E-state index in [9.17, 15) is 22.8 Å². The fraction of sp³-hybridized carbons (Fsp3) is 0.667. The highest BCUT2D eigenvalue weighted by Crippen LogP contribution is 2.29. The quantitative estimate of drug-likeness (QED) is 0.717. The molecule has 0 unspecified atom stereocenters. The van der Waals surface area contributed by atoms with Gasteiger partial charge in [-0.05, 0) is 6.92 Å². The van der Waals surface area contributed by atoms with Crippen molar-refractivity contribution < 1.29 is 27.9 Å². The molecule has 0 rings (SSSR count). The topological polar surface area (TPSA) is 54.4 Å². The summed E-state index contributed by atoms with van der Waals surface area (Å²) in [7, 11) is 0. The van der Waals surface area contributed by atoms with Gasteiger partial charge in [-0.3, -0.25) is 9.59 Å². The van der Waals surface area contributed by atoms with Crippen LogP contribution in [0, 0.1) is 5.92 Å².